The smallest absolute Gasteiger partial charge is 0.0725 e. The average Bonchev–Trinajstić information content (AvgIpc) is 3.89. The van der Waals surface area contributed by atoms with E-state index in [2.05, 4.69) is 266 Å². The van der Waals surface area contributed by atoms with E-state index in [1.165, 1.54) is 110 Å². The zero-order valence-corrected chi connectivity index (χ0v) is 37.3. The molecule has 1 spiro atoms. The van der Waals surface area contributed by atoms with Gasteiger partial charge in [-0.05, 0) is 165 Å². The summed E-state index contributed by atoms with van der Waals surface area (Å²) in [7, 11) is 0. The molecule has 12 aromatic rings. The molecule has 1 nitrogen and oxygen atoms in total. The van der Waals surface area contributed by atoms with Gasteiger partial charge in [-0.1, -0.05) is 206 Å². The largest absolute Gasteiger partial charge is 0.310 e. The lowest BCUT2D eigenvalue weighted by Gasteiger charge is -2.31. The summed E-state index contributed by atoms with van der Waals surface area (Å²) in [5, 5.41) is 7.59. The molecule has 0 saturated heterocycles. The lowest BCUT2D eigenvalue weighted by atomic mass is 9.70. The molecule has 1 heteroatoms. The van der Waals surface area contributed by atoms with Crippen molar-refractivity contribution in [2.24, 2.45) is 0 Å². The van der Waals surface area contributed by atoms with Crippen LogP contribution in [0.4, 0.5) is 17.1 Å². The Hall–Kier alpha value is -8.78. The van der Waals surface area contributed by atoms with Gasteiger partial charge in [0, 0.05) is 17.1 Å². The molecule has 0 fully saturated rings. The van der Waals surface area contributed by atoms with Crippen molar-refractivity contribution < 1.29 is 0 Å². The summed E-state index contributed by atoms with van der Waals surface area (Å²) in [6.45, 7) is 0. The molecule has 2 aliphatic rings. The molecule has 0 heterocycles. The van der Waals surface area contributed by atoms with E-state index < -0.39 is 5.41 Å². The molecule has 0 aromatic heterocycles. The van der Waals surface area contributed by atoms with Gasteiger partial charge in [-0.25, -0.2) is 0 Å². The summed E-state index contributed by atoms with van der Waals surface area (Å²) in [4.78, 5) is 2.47. The second-order valence-corrected chi connectivity index (χ2v) is 18.4. The molecule has 2 aliphatic carbocycles. The topological polar surface area (TPSA) is 3.24 Å². The third-order valence-electron chi connectivity index (χ3n) is 14.8. The Labute approximate surface area is 396 Å². The first kappa shape index (κ1) is 38.5. The minimum absolute atomic E-state index is 0.403. The fourth-order valence-electron chi connectivity index (χ4n) is 11.9. The van der Waals surface area contributed by atoms with Gasteiger partial charge >= 0.3 is 0 Å². The second-order valence-electron chi connectivity index (χ2n) is 18.4. The zero-order valence-electron chi connectivity index (χ0n) is 37.3. The van der Waals surface area contributed by atoms with E-state index in [9.17, 15) is 0 Å². The van der Waals surface area contributed by atoms with Gasteiger partial charge in [-0.15, -0.1) is 0 Å². The molecule has 0 atom stereocenters. The number of hydrogen-bond acceptors (Lipinski definition) is 1. The molecule has 0 N–H and O–H groups in total. The maximum absolute atomic E-state index is 2.47. The Balaban J connectivity index is 0.976. The minimum Gasteiger partial charge on any atom is -0.310 e. The lowest BCUT2D eigenvalue weighted by Crippen LogP contribution is -2.25. The van der Waals surface area contributed by atoms with Crippen molar-refractivity contribution in [1.82, 2.24) is 0 Å². The van der Waals surface area contributed by atoms with Crippen molar-refractivity contribution in [2.45, 2.75) is 5.41 Å². The van der Waals surface area contributed by atoms with Crippen molar-refractivity contribution in [3.05, 3.63) is 283 Å². The molecular formula is C67H43N. The number of hydrogen-bond donors (Lipinski definition) is 0. The number of benzene rings is 12. The van der Waals surface area contributed by atoms with Gasteiger partial charge in [-0.3, -0.25) is 0 Å². The van der Waals surface area contributed by atoms with Crippen LogP contribution in [-0.2, 0) is 5.41 Å². The molecule has 0 bridgehead atoms. The molecule has 0 saturated carbocycles. The predicted molar refractivity (Wildman–Crippen MR) is 286 cm³/mol. The first-order chi connectivity index (χ1) is 33.7. The third-order valence-corrected chi connectivity index (χ3v) is 14.8. The number of fused-ring (bicyclic) bond motifs is 16. The van der Waals surface area contributed by atoms with Crippen LogP contribution in [0.15, 0.2) is 261 Å². The van der Waals surface area contributed by atoms with Gasteiger partial charge in [0.15, 0.2) is 0 Å². The fraction of sp³-hybridized carbons (Fsp3) is 0.0149. The van der Waals surface area contributed by atoms with E-state index in [1.807, 2.05) is 0 Å². The monoisotopic (exact) mass is 861 g/mol. The highest BCUT2D eigenvalue weighted by molar-refractivity contribution is 6.25. The van der Waals surface area contributed by atoms with Crippen LogP contribution in [0.1, 0.15) is 22.3 Å². The SMILES string of the molecule is c1ccc(-c2cc(-c3ccccc3)cc(-c3ccc(N(c4ccc5c(c4)-c4ccccc4C54c5ccccc5-c5ccccc54)c4ccc5c6ccccc6c6ccccc6c5c4)cc3)c2)cc1. The van der Waals surface area contributed by atoms with Gasteiger partial charge in [-0.2, -0.15) is 0 Å². The Morgan fingerprint density at radius 1 is 0.206 bits per heavy atom. The Bertz CT molecular complexity index is 3820. The Kier molecular flexibility index (Phi) is 8.57. The van der Waals surface area contributed by atoms with Crippen molar-refractivity contribution >= 4 is 49.4 Å². The van der Waals surface area contributed by atoms with Crippen molar-refractivity contribution in [1.29, 1.82) is 0 Å². The zero-order chi connectivity index (χ0) is 44.8. The van der Waals surface area contributed by atoms with E-state index in [0.717, 1.165) is 17.1 Å². The van der Waals surface area contributed by atoms with E-state index >= 15 is 0 Å². The first-order valence-electron chi connectivity index (χ1n) is 23.7. The van der Waals surface area contributed by atoms with E-state index in [0.29, 0.717) is 0 Å². The van der Waals surface area contributed by atoms with Crippen LogP contribution in [0.2, 0.25) is 0 Å². The molecule has 14 rings (SSSR count). The first-order valence-corrected chi connectivity index (χ1v) is 23.7. The van der Waals surface area contributed by atoms with Gasteiger partial charge in [0.05, 0.1) is 5.41 Å². The maximum Gasteiger partial charge on any atom is 0.0725 e. The van der Waals surface area contributed by atoms with Crippen LogP contribution in [-0.4, -0.2) is 0 Å². The molecule has 68 heavy (non-hydrogen) atoms. The third kappa shape index (κ3) is 5.69. The van der Waals surface area contributed by atoms with Crippen LogP contribution >= 0.6 is 0 Å². The summed E-state index contributed by atoms with van der Waals surface area (Å²) in [6, 6.07) is 96.9. The lowest BCUT2D eigenvalue weighted by molar-refractivity contribution is 0.794. The average molecular weight is 862 g/mol. The van der Waals surface area contributed by atoms with Crippen LogP contribution in [0.3, 0.4) is 0 Å². The molecule has 0 aliphatic heterocycles. The summed E-state index contributed by atoms with van der Waals surface area (Å²) in [5.41, 5.74) is 20.7. The molecule has 0 unspecified atom stereocenters. The Morgan fingerprint density at radius 3 is 1.07 bits per heavy atom. The fourth-order valence-corrected chi connectivity index (χ4v) is 11.9. The van der Waals surface area contributed by atoms with E-state index in [1.54, 1.807) is 0 Å². The van der Waals surface area contributed by atoms with E-state index in [4.69, 9.17) is 0 Å². The van der Waals surface area contributed by atoms with Crippen LogP contribution < -0.4 is 4.90 Å². The molecule has 12 aromatic carbocycles. The van der Waals surface area contributed by atoms with Crippen LogP contribution in [0, 0.1) is 0 Å². The molecule has 316 valence electrons. The predicted octanol–water partition coefficient (Wildman–Crippen LogP) is 18.0. The quantitative estimate of drug-likeness (QED) is 0.151. The van der Waals surface area contributed by atoms with E-state index in [-0.39, 0.29) is 0 Å². The molecule has 0 amide bonds. The normalized spacial score (nSPS) is 12.8. The summed E-state index contributed by atoms with van der Waals surface area (Å²) < 4.78 is 0. The van der Waals surface area contributed by atoms with Crippen molar-refractivity contribution in [2.75, 3.05) is 4.90 Å². The summed E-state index contributed by atoms with van der Waals surface area (Å²) in [5.74, 6) is 0. The maximum atomic E-state index is 2.47. The summed E-state index contributed by atoms with van der Waals surface area (Å²) in [6.07, 6.45) is 0. The minimum atomic E-state index is -0.403. The highest BCUT2D eigenvalue weighted by atomic mass is 15.1. The number of anilines is 3. The number of nitrogens with zero attached hydrogens (tertiary/aromatic N) is 1. The van der Waals surface area contributed by atoms with Crippen LogP contribution in [0.25, 0.3) is 88.0 Å². The van der Waals surface area contributed by atoms with Gasteiger partial charge in [0.1, 0.15) is 0 Å². The van der Waals surface area contributed by atoms with Crippen molar-refractivity contribution in [3.8, 4) is 55.6 Å². The highest BCUT2D eigenvalue weighted by Crippen LogP contribution is 2.63. The van der Waals surface area contributed by atoms with Crippen molar-refractivity contribution in [3.63, 3.8) is 0 Å². The molecule has 0 radical (unpaired) electrons. The highest BCUT2D eigenvalue weighted by Gasteiger charge is 2.51. The standard InChI is InChI=1S/C67H43N/c1-3-17-44(18-4-1)47-39-48(45-19-5-2-6-20-45)41-49(40-47)46-31-33-50(34-32-46)68(51-35-37-57-55-23-8-7-21-53(55)54-22-9-10-24-56(54)61(57)42-51)52-36-38-66-62(43-52)60-27-13-16-30-65(60)67(66)63-28-14-11-25-58(63)59-26-12-15-29-64(59)67/h1-43H. The van der Waals surface area contributed by atoms with Crippen LogP contribution in [0.5, 0.6) is 0 Å². The molecular weight excluding hydrogens is 819 g/mol. The summed E-state index contributed by atoms with van der Waals surface area (Å²) >= 11 is 0. The Morgan fingerprint density at radius 2 is 0.559 bits per heavy atom. The van der Waals surface area contributed by atoms with Gasteiger partial charge in [0.25, 0.3) is 0 Å². The van der Waals surface area contributed by atoms with Gasteiger partial charge < -0.3 is 4.90 Å². The number of rotatable bonds is 6. The van der Waals surface area contributed by atoms with Gasteiger partial charge in [0.2, 0.25) is 0 Å². The second kappa shape index (κ2) is 15.1.